The third kappa shape index (κ3) is 5.82. The van der Waals surface area contributed by atoms with E-state index >= 15 is 0 Å². The molecule has 7 rings (SSSR count). The van der Waals surface area contributed by atoms with Crippen molar-refractivity contribution in [2.24, 2.45) is 0 Å². The second-order valence-electron chi connectivity index (χ2n) is 12.1. The summed E-state index contributed by atoms with van der Waals surface area (Å²) >= 11 is 13.8. The van der Waals surface area contributed by atoms with Gasteiger partial charge in [-0.05, 0) is 54.2 Å². The molecule has 1 aliphatic heterocycles. The average molecular weight is 687 g/mol. The van der Waals surface area contributed by atoms with Crippen molar-refractivity contribution >= 4 is 34.2 Å². The minimum atomic E-state index is -0.322. The summed E-state index contributed by atoms with van der Waals surface area (Å²) in [6.45, 7) is 2.01. The number of fused-ring (bicyclic) bond motifs is 2. The number of hydrogen-bond acceptors (Lipinski definition) is 9. The molecule has 0 amide bonds. The smallest absolute Gasteiger partial charge is 0.236 e. The minimum absolute atomic E-state index is 0.139. The van der Waals surface area contributed by atoms with Gasteiger partial charge in [0.2, 0.25) is 11.8 Å². The molecule has 3 N–H and O–H groups in total. The largest absolute Gasteiger partial charge is 0.481 e. The average Bonchev–Trinajstić information content (AvgIpc) is 3.83. The van der Waals surface area contributed by atoms with Gasteiger partial charge in [-0.1, -0.05) is 53.5 Å². The lowest BCUT2D eigenvalue weighted by Crippen LogP contribution is -2.22. The summed E-state index contributed by atoms with van der Waals surface area (Å²) in [6.07, 6.45) is 3.13. The summed E-state index contributed by atoms with van der Waals surface area (Å²) in [5.74, 6) is 1.19. The molecule has 4 heterocycles. The summed E-state index contributed by atoms with van der Waals surface area (Å²) < 4.78 is 19.7. The Labute approximate surface area is 286 Å². The zero-order valence-corrected chi connectivity index (χ0v) is 27.7. The number of halogens is 2. The molecule has 0 saturated carbocycles. The van der Waals surface area contributed by atoms with E-state index in [4.69, 9.17) is 42.5 Å². The molecule has 1 aliphatic carbocycles. The Kier molecular flexibility index (Phi) is 8.90. The second kappa shape index (κ2) is 13.3. The molecule has 12 heteroatoms. The summed E-state index contributed by atoms with van der Waals surface area (Å²) in [5.41, 5.74) is 6.12. The normalized spacial score (nSPS) is 17.5. The highest BCUT2D eigenvalue weighted by atomic mass is 35.5. The zero-order valence-electron chi connectivity index (χ0n) is 26.2. The van der Waals surface area contributed by atoms with Gasteiger partial charge in [-0.3, -0.25) is 10.3 Å². The van der Waals surface area contributed by atoms with E-state index in [0.29, 0.717) is 57.2 Å². The van der Waals surface area contributed by atoms with Crippen LogP contribution in [0.5, 0.6) is 11.8 Å². The third-order valence-electron chi connectivity index (χ3n) is 9.11. The van der Waals surface area contributed by atoms with Gasteiger partial charge in [-0.15, -0.1) is 0 Å². The molecule has 2 aliphatic rings. The molecule has 0 unspecified atom stereocenters. The van der Waals surface area contributed by atoms with Gasteiger partial charge >= 0.3 is 0 Å². The fraction of sp³-hybridized carbons (Fsp3) is 0.306. The lowest BCUT2D eigenvalue weighted by atomic mass is 9.95. The second-order valence-corrected chi connectivity index (χ2v) is 12.9. The highest BCUT2D eigenvalue weighted by Crippen LogP contribution is 2.45. The highest BCUT2D eigenvalue weighted by Gasteiger charge is 2.30. The Morgan fingerprint density at radius 1 is 1.10 bits per heavy atom. The summed E-state index contributed by atoms with van der Waals surface area (Å²) in [7, 11) is 1.57. The van der Waals surface area contributed by atoms with Gasteiger partial charge in [0.1, 0.15) is 34.0 Å². The maximum Gasteiger partial charge on any atom is 0.236 e. The first-order valence-corrected chi connectivity index (χ1v) is 16.5. The Bertz CT molecular complexity index is 2140. The van der Waals surface area contributed by atoms with E-state index in [1.165, 1.54) is 10.8 Å². The van der Waals surface area contributed by atoms with E-state index < -0.39 is 0 Å². The van der Waals surface area contributed by atoms with Gasteiger partial charge in [0.25, 0.3) is 0 Å². The number of pyridine rings is 2. The number of methoxy groups -OCH3 is 1. The first-order valence-electron chi connectivity index (χ1n) is 15.7. The summed E-state index contributed by atoms with van der Waals surface area (Å²) in [6, 6.07) is 17.5. The SMILES string of the molecule is COc1nc(O[C@H]2CCc3c(-c4cccc(-c5cc6c(=N)n(CCO)cc(C#N)c6o5)c4Cl)cccc32)c(Cl)cc1CN1CC[C@@H](O)C1. The van der Waals surface area contributed by atoms with Crippen LogP contribution in [0.4, 0.5) is 0 Å². The number of aromatic nitrogens is 2. The minimum Gasteiger partial charge on any atom is -0.481 e. The molecular formula is C36H33Cl2N5O5. The molecule has 3 aromatic heterocycles. The molecule has 1 fully saturated rings. The maximum atomic E-state index is 9.92. The van der Waals surface area contributed by atoms with Crippen LogP contribution in [-0.2, 0) is 19.5 Å². The number of rotatable bonds is 9. The first-order chi connectivity index (χ1) is 23.3. The van der Waals surface area contributed by atoms with Crippen molar-refractivity contribution in [3.63, 3.8) is 0 Å². The Balaban J connectivity index is 1.19. The van der Waals surface area contributed by atoms with Crippen molar-refractivity contribution in [1.29, 1.82) is 10.7 Å². The lowest BCUT2D eigenvalue weighted by Gasteiger charge is -2.20. The number of nitrogens with zero attached hydrogens (tertiary/aromatic N) is 4. The number of hydrogen-bond donors (Lipinski definition) is 3. The number of furan rings is 1. The van der Waals surface area contributed by atoms with E-state index in [2.05, 4.69) is 16.0 Å². The van der Waals surface area contributed by atoms with Crippen molar-refractivity contribution in [1.82, 2.24) is 14.5 Å². The van der Waals surface area contributed by atoms with Gasteiger partial charge in [0.15, 0.2) is 5.58 Å². The quantitative estimate of drug-likeness (QED) is 0.165. The van der Waals surface area contributed by atoms with Crippen LogP contribution in [0.2, 0.25) is 10.0 Å². The van der Waals surface area contributed by atoms with Crippen molar-refractivity contribution in [3.05, 3.63) is 92.5 Å². The lowest BCUT2D eigenvalue weighted by molar-refractivity contribution is 0.174. The van der Waals surface area contributed by atoms with Crippen LogP contribution in [0, 0.1) is 16.7 Å². The van der Waals surface area contributed by atoms with Crippen LogP contribution in [0.3, 0.4) is 0 Å². The fourth-order valence-corrected chi connectivity index (χ4v) is 7.36. The van der Waals surface area contributed by atoms with Crippen LogP contribution in [-0.4, -0.2) is 57.6 Å². The molecule has 0 radical (unpaired) electrons. The molecule has 48 heavy (non-hydrogen) atoms. The number of nitriles is 1. The Morgan fingerprint density at radius 3 is 2.65 bits per heavy atom. The monoisotopic (exact) mass is 685 g/mol. The standard InChI is InChI=1S/C36H33Cl2N5O5/c1-46-35-20(17-42-11-10-22(45)19-42)14-29(37)36(41-35)48-30-9-8-24-23(4-2-5-25(24)30)26-6-3-7-27(32(26)38)31-15-28-33(47-31)21(16-39)18-43(12-13-44)34(28)40/h2-7,14-15,18,22,30,40,44-45H,8-13,17,19H2,1H3/t22-,30+/m1/s1. The van der Waals surface area contributed by atoms with Crippen LogP contribution in [0.25, 0.3) is 33.4 Å². The van der Waals surface area contributed by atoms with Crippen LogP contribution in [0.15, 0.2) is 59.1 Å². The van der Waals surface area contributed by atoms with Crippen LogP contribution >= 0.6 is 23.2 Å². The maximum absolute atomic E-state index is 9.92. The molecule has 1 saturated heterocycles. The Hall–Kier alpha value is -4.37. The van der Waals surface area contributed by atoms with E-state index in [1.54, 1.807) is 13.2 Å². The van der Waals surface area contributed by atoms with Crippen molar-refractivity contribution in [2.75, 3.05) is 26.8 Å². The van der Waals surface area contributed by atoms with E-state index in [0.717, 1.165) is 53.6 Å². The Morgan fingerprint density at radius 2 is 1.90 bits per heavy atom. The fourth-order valence-electron chi connectivity index (χ4n) is 6.82. The van der Waals surface area contributed by atoms with E-state index in [-0.39, 0.29) is 36.4 Å². The first kappa shape index (κ1) is 32.2. The number of likely N-dealkylation sites (tertiary alicyclic amines) is 1. The van der Waals surface area contributed by atoms with Crippen molar-refractivity contribution in [2.45, 2.75) is 44.6 Å². The third-order valence-corrected chi connectivity index (χ3v) is 9.79. The molecule has 5 aromatic rings. The summed E-state index contributed by atoms with van der Waals surface area (Å²) in [4.78, 5) is 6.78. The van der Waals surface area contributed by atoms with Crippen molar-refractivity contribution in [3.8, 4) is 40.3 Å². The number of nitrogens with one attached hydrogen (secondary N) is 1. The number of aliphatic hydroxyl groups excluding tert-OH is 2. The molecule has 0 bridgehead atoms. The van der Waals surface area contributed by atoms with Gasteiger partial charge in [-0.25, -0.2) is 0 Å². The number of aliphatic hydroxyl groups is 2. The number of ether oxygens (including phenoxy) is 2. The topological polar surface area (TPSA) is 141 Å². The molecule has 2 atom stereocenters. The number of β-amino-alcohol motifs (C(OH)–C–C–N with tert-alkyl or cyclic N) is 1. The van der Waals surface area contributed by atoms with Crippen LogP contribution < -0.4 is 15.0 Å². The summed E-state index contributed by atoms with van der Waals surface area (Å²) in [5, 5.41) is 39.1. The van der Waals surface area contributed by atoms with E-state index in [1.807, 2.05) is 42.5 Å². The van der Waals surface area contributed by atoms with Gasteiger partial charge < -0.3 is 28.7 Å². The highest BCUT2D eigenvalue weighted by molar-refractivity contribution is 6.36. The predicted molar refractivity (Wildman–Crippen MR) is 181 cm³/mol. The molecule has 2 aromatic carbocycles. The number of benzene rings is 2. The van der Waals surface area contributed by atoms with E-state index in [9.17, 15) is 15.5 Å². The molecule has 10 nitrogen and oxygen atoms in total. The van der Waals surface area contributed by atoms with Gasteiger partial charge in [-0.2, -0.15) is 10.2 Å². The molecule has 0 spiro atoms. The molecule has 246 valence electrons. The molecular weight excluding hydrogens is 653 g/mol. The predicted octanol–water partition coefficient (Wildman–Crippen LogP) is 6.26. The van der Waals surface area contributed by atoms with Gasteiger partial charge in [0.05, 0.1) is 30.2 Å². The van der Waals surface area contributed by atoms with Gasteiger partial charge in [0, 0.05) is 49.1 Å². The van der Waals surface area contributed by atoms with Crippen LogP contribution in [0.1, 0.15) is 41.2 Å². The zero-order chi connectivity index (χ0) is 33.5. The van der Waals surface area contributed by atoms with Crippen molar-refractivity contribution < 1.29 is 24.1 Å².